The molecule has 0 spiro atoms. The third-order valence-corrected chi connectivity index (χ3v) is 7.32. The van der Waals surface area contributed by atoms with Crippen LogP contribution in [0.5, 0.6) is 0 Å². The van der Waals surface area contributed by atoms with Crippen LogP contribution in [-0.2, 0) is 20.9 Å². The van der Waals surface area contributed by atoms with Crippen molar-refractivity contribution in [2.75, 3.05) is 32.8 Å². The van der Waals surface area contributed by atoms with Gasteiger partial charge >= 0.3 is 0 Å². The minimum Gasteiger partial charge on any atom is -0.390 e. The van der Waals surface area contributed by atoms with E-state index in [0.717, 1.165) is 46.0 Å². The molecule has 2 aromatic carbocycles. The Balaban J connectivity index is 1.47. The van der Waals surface area contributed by atoms with Crippen molar-refractivity contribution >= 4 is 44.8 Å². The first-order chi connectivity index (χ1) is 17.9. The summed E-state index contributed by atoms with van der Waals surface area (Å²) < 4.78 is 7.42. The number of nitrogens with one attached hydrogen (secondary N) is 2. The van der Waals surface area contributed by atoms with E-state index in [1.54, 1.807) is 6.20 Å². The second-order valence-electron chi connectivity index (χ2n) is 10.1. The van der Waals surface area contributed by atoms with Crippen LogP contribution in [0.15, 0.2) is 48.8 Å². The first kappa shape index (κ1) is 23.7. The number of aryl methyl sites for hydroxylation is 2. The van der Waals surface area contributed by atoms with E-state index in [4.69, 9.17) is 4.74 Å². The zero-order valence-corrected chi connectivity index (χ0v) is 21.0. The molecular formula is C29H30N4O4. The molecule has 1 atom stereocenters. The molecule has 2 aromatic heterocycles. The first-order valence-electron chi connectivity index (χ1n) is 12.6. The number of hydrogen-bond acceptors (Lipinski definition) is 5. The maximum absolute atomic E-state index is 13.2. The van der Waals surface area contributed by atoms with Crippen molar-refractivity contribution in [3.8, 4) is 0 Å². The molecule has 8 heteroatoms. The highest BCUT2D eigenvalue weighted by molar-refractivity contribution is 6.50. The van der Waals surface area contributed by atoms with Crippen LogP contribution in [0.3, 0.4) is 0 Å². The van der Waals surface area contributed by atoms with Gasteiger partial charge < -0.3 is 19.4 Å². The first-order valence-corrected chi connectivity index (χ1v) is 12.6. The number of nitrogens with zero attached hydrogens (tertiary/aromatic N) is 2. The Labute approximate surface area is 214 Å². The molecule has 0 aliphatic carbocycles. The number of ether oxygens (including phenoxy) is 1. The average molecular weight is 499 g/mol. The van der Waals surface area contributed by atoms with E-state index in [1.165, 1.54) is 0 Å². The van der Waals surface area contributed by atoms with Crippen molar-refractivity contribution in [3.05, 3.63) is 71.0 Å². The highest BCUT2D eigenvalue weighted by atomic mass is 16.5. The maximum Gasteiger partial charge on any atom is 0.259 e. The number of amides is 2. The summed E-state index contributed by atoms with van der Waals surface area (Å²) in [6.07, 6.45) is 3.11. The fourth-order valence-electron chi connectivity index (χ4n) is 5.54. The molecule has 4 heterocycles. The highest BCUT2D eigenvalue weighted by Gasteiger charge is 2.35. The Morgan fingerprint density at radius 1 is 0.919 bits per heavy atom. The van der Waals surface area contributed by atoms with E-state index in [2.05, 4.69) is 15.2 Å². The van der Waals surface area contributed by atoms with Gasteiger partial charge in [0.2, 0.25) is 0 Å². The van der Waals surface area contributed by atoms with Crippen LogP contribution >= 0.6 is 0 Å². The molecule has 2 aliphatic rings. The van der Waals surface area contributed by atoms with Crippen molar-refractivity contribution in [1.82, 2.24) is 19.8 Å². The minimum absolute atomic E-state index is 0.365. The summed E-state index contributed by atoms with van der Waals surface area (Å²) in [6.45, 7) is 7.89. The van der Waals surface area contributed by atoms with Crippen LogP contribution in [0.25, 0.3) is 33.0 Å². The van der Waals surface area contributed by atoms with E-state index in [-0.39, 0.29) is 0 Å². The molecule has 1 saturated heterocycles. The summed E-state index contributed by atoms with van der Waals surface area (Å²) in [5, 5.41) is 15.2. The fraction of sp³-hybridized carbons (Fsp3) is 0.310. The van der Waals surface area contributed by atoms with Crippen molar-refractivity contribution in [3.63, 3.8) is 0 Å². The number of hydrogen-bond donors (Lipinski definition) is 3. The molecule has 37 heavy (non-hydrogen) atoms. The van der Waals surface area contributed by atoms with Gasteiger partial charge in [-0.15, -0.1) is 0 Å². The Hall–Kier alpha value is -3.72. The third kappa shape index (κ3) is 4.27. The summed E-state index contributed by atoms with van der Waals surface area (Å²) in [5.41, 5.74) is 6.08. The minimum atomic E-state index is -0.591. The largest absolute Gasteiger partial charge is 0.390 e. The summed E-state index contributed by atoms with van der Waals surface area (Å²) in [4.78, 5) is 31.8. The summed E-state index contributed by atoms with van der Waals surface area (Å²) in [5.74, 6) is -0.806. The number of carbonyl (C=O) groups is 2. The maximum atomic E-state index is 13.2. The Morgan fingerprint density at radius 2 is 1.59 bits per heavy atom. The number of carbonyl (C=O) groups excluding carboxylic acids is 2. The van der Waals surface area contributed by atoms with Gasteiger partial charge in [0, 0.05) is 71.5 Å². The van der Waals surface area contributed by atoms with Gasteiger partial charge in [0.25, 0.3) is 11.8 Å². The van der Waals surface area contributed by atoms with E-state index < -0.39 is 17.9 Å². The van der Waals surface area contributed by atoms with Crippen LogP contribution in [0, 0.1) is 13.8 Å². The number of aromatic nitrogens is 2. The normalized spacial score (nSPS) is 17.8. The Morgan fingerprint density at radius 3 is 2.35 bits per heavy atom. The van der Waals surface area contributed by atoms with Crippen LogP contribution < -0.4 is 5.32 Å². The SMILES string of the molecule is Cc1ccc2[nH]cc(C3=C(c4cn(CC(O)CN5CCOCC5)c5ccc(C)cc45)C(=O)NC3=O)c2c1. The number of imide groups is 1. The highest BCUT2D eigenvalue weighted by Crippen LogP contribution is 2.38. The number of aliphatic hydroxyl groups is 1. The average Bonchev–Trinajstić information content (AvgIpc) is 3.51. The molecule has 0 bridgehead atoms. The van der Waals surface area contributed by atoms with Crippen LogP contribution in [0.2, 0.25) is 0 Å². The third-order valence-electron chi connectivity index (χ3n) is 7.32. The van der Waals surface area contributed by atoms with Crippen molar-refractivity contribution < 1.29 is 19.4 Å². The predicted octanol–water partition coefficient (Wildman–Crippen LogP) is 3.00. The lowest BCUT2D eigenvalue weighted by atomic mass is 9.95. The van der Waals surface area contributed by atoms with Gasteiger partial charge in [-0.25, -0.2) is 0 Å². The molecule has 1 fully saturated rings. The van der Waals surface area contributed by atoms with Gasteiger partial charge in [0.05, 0.1) is 30.5 Å². The van der Waals surface area contributed by atoms with Crippen molar-refractivity contribution in [1.29, 1.82) is 0 Å². The number of morpholine rings is 1. The van der Waals surface area contributed by atoms with Crippen LogP contribution in [0.4, 0.5) is 0 Å². The number of benzene rings is 2. The number of fused-ring (bicyclic) bond motifs is 2. The molecule has 4 aromatic rings. The van der Waals surface area contributed by atoms with Gasteiger partial charge in [-0.2, -0.15) is 0 Å². The quantitative estimate of drug-likeness (QED) is 0.355. The molecule has 0 saturated carbocycles. The lowest BCUT2D eigenvalue weighted by Crippen LogP contribution is -2.41. The number of rotatable bonds is 6. The van der Waals surface area contributed by atoms with E-state index >= 15 is 0 Å². The lowest BCUT2D eigenvalue weighted by Gasteiger charge is -2.28. The molecule has 3 N–H and O–H groups in total. The monoisotopic (exact) mass is 498 g/mol. The zero-order chi connectivity index (χ0) is 25.7. The smallest absolute Gasteiger partial charge is 0.259 e. The second kappa shape index (κ2) is 9.30. The number of β-amino-alcohol motifs (C(OH)–C–C–N with tert-alkyl or cyclic N) is 1. The van der Waals surface area contributed by atoms with Crippen molar-refractivity contribution in [2.45, 2.75) is 26.5 Å². The second-order valence-corrected chi connectivity index (χ2v) is 10.1. The van der Waals surface area contributed by atoms with Crippen molar-refractivity contribution in [2.24, 2.45) is 0 Å². The number of aliphatic hydroxyl groups excluding tert-OH is 1. The molecule has 8 nitrogen and oxygen atoms in total. The number of H-pyrrole nitrogens is 1. The van der Waals surface area contributed by atoms with Gasteiger partial charge in [-0.05, 0) is 38.1 Å². The molecule has 6 rings (SSSR count). The van der Waals surface area contributed by atoms with E-state index in [0.29, 0.717) is 48.6 Å². The van der Waals surface area contributed by atoms with Gasteiger partial charge in [0.1, 0.15) is 0 Å². The topological polar surface area (TPSA) is 99.6 Å². The standard InChI is InChI=1S/C29H30N4O4/c1-17-3-5-24-20(11-17)22(13-30-24)26-27(29(36)31-28(26)35)23-16-33(25-6-4-18(2)12-21(23)25)15-19(34)14-32-7-9-37-10-8-32/h3-6,11-13,16,19,30,34H,7-10,14-15H2,1-2H3,(H,31,35,36). The lowest BCUT2D eigenvalue weighted by molar-refractivity contribution is -0.122. The zero-order valence-electron chi connectivity index (χ0n) is 21.0. The van der Waals surface area contributed by atoms with Gasteiger partial charge in [-0.3, -0.25) is 19.8 Å². The molecule has 1 unspecified atom stereocenters. The summed E-state index contributed by atoms with van der Waals surface area (Å²) in [7, 11) is 0. The summed E-state index contributed by atoms with van der Waals surface area (Å²) >= 11 is 0. The molecule has 2 aliphatic heterocycles. The predicted molar refractivity (Wildman–Crippen MR) is 143 cm³/mol. The number of aromatic amines is 1. The van der Waals surface area contributed by atoms with E-state index in [9.17, 15) is 14.7 Å². The molecule has 190 valence electrons. The fourth-order valence-corrected chi connectivity index (χ4v) is 5.54. The van der Waals surface area contributed by atoms with Gasteiger partial charge in [-0.1, -0.05) is 23.3 Å². The molecule has 0 radical (unpaired) electrons. The van der Waals surface area contributed by atoms with Crippen LogP contribution in [-0.4, -0.2) is 70.3 Å². The van der Waals surface area contributed by atoms with Crippen LogP contribution in [0.1, 0.15) is 22.3 Å². The van der Waals surface area contributed by atoms with Gasteiger partial charge in [0.15, 0.2) is 0 Å². The van der Waals surface area contributed by atoms with E-state index in [1.807, 2.05) is 61.0 Å². The molecular weight excluding hydrogens is 468 g/mol. The summed E-state index contributed by atoms with van der Waals surface area (Å²) in [6, 6.07) is 12.1. The Kier molecular flexibility index (Phi) is 5.95. The Bertz CT molecular complexity index is 1570. The molecule has 2 amide bonds.